The predicted octanol–water partition coefficient (Wildman–Crippen LogP) is 0.825. The van der Waals surface area contributed by atoms with E-state index in [0.717, 1.165) is 0 Å². The molecule has 2 aromatic rings. The monoisotopic (exact) mass is 459 g/mol. The number of aliphatic hydroxyl groups excluding tert-OH is 2. The number of rotatable bonds is 7. The molecule has 2 aromatic heterocycles. The van der Waals surface area contributed by atoms with E-state index >= 15 is 0 Å². The summed E-state index contributed by atoms with van der Waals surface area (Å²) in [5.41, 5.74) is 5.28. The maximum atomic E-state index is 12.6. The van der Waals surface area contributed by atoms with Gasteiger partial charge in [0.1, 0.15) is 24.4 Å². The minimum absolute atomic E-state index is 0.0121. The van der Waals surface area contributed by atoms with Crippen molar-refractivity contribution >= 4 is 24.6 Å². The fourth-order valence-electron chi connectivity index (χ4n) is 3.61. The number of hydrogen-bond donors (Lipinski definition) is 5. The van der Waals surface area contributed by atoms with E-state index in [1.54, 1.807) is 27.7 Å². The number of nitrogens with two attached hydrogens (primary N) is 1. The Morgan fingerprint density at radius 2 is 1.94 bits per heavy atom. The van der Waals surface area contributed by atoms with Crippen molar-refractivity contribution in [3.05, 3.63) is 12.2 Å². The van der Waals surface area contributed by atoms with Gasteiger partial charge in [-0.3, -0.25) is 9.13 Å². The quantitative estimate of drug-likeness (QED) is 0.369. The summed E-state index contributed by atoms with van der Waals surface area (Å²) in [5.74, 6) is 0.626. The van der Waals surface area contributed by atoms with Crippen LogP contribution in [0.1, 0.15) is 52.6 Å². The van der Waals surface area contributed by atoms with Crippen LogP contribution in [0.15, 0.2) is 6.33 Å². The first-order chi connectivity index (χ1) is 14.2. The second-order valence-electron chi connectivity index (χ2n) is 8.65. The Bertz CT molecular complexity index is 1010. The first kappa shape index (κ1) is 24.0. The summed E-state index contributed by atoms with van der Waals surface area (Å²) >= 11 is 0. The Morgan fingerprint density at radius 3 is 2.55 bits per heavy atom. The lowest BCUT2D eigenvalue weighted by Crippen LogP contribution is -2.38. The van der Waals surface area contributed by atoms with Gasteiger partial charge in [-0.1, -0.05) is 6.92 Å². The van der Waals surface area contributed by atoms with Crippen LogP contribution in [-0.4, -0.2) is 69.0 Å². The molecule has 6 atom stereocenters. The number of fused-ring (bicyclic) bond motifs is 1. The summed E-state index contributed by atoms with van der Waals surface area (Å²) in [4.78, 5) is 22.6. The van der Waals surface area contributed by atoms with Crippen molar-refractivity contribution in [2.75, 3.05) is 5.73 Å². The molecule has 0 spiro atoms. The molecular formula is C18H30N5O7P. The molecule has 4 unspecified atom stereocenters. The molecule has 0 saturated carbocycles. The highest BCUT2D eigenvalue weighted by Crippen LogP contribution is 2.58. The van der Waals surface area contributed by atoms with E-state index in [1.807, 2.05) is 0 Å². The van der Waals surface area contributed by atoms with Gasteiger partial charge in [0.05, 0.1) is 11.7 Å². The molecule has 0 aliphatic carbocycles. The Labute approximate surface area is 179 Å². The Balaban J connectivity index is 1.84. The van der Waals surface area contributed by atoms with E-state index in [-0.39, 0.29) is 18.7 Å². The predicted molar refractivity (Wildman–Crippen MR) is 111 cm³/mol. The fourth-order valence-corrected chi connectivity index (χ4v) is 4.95. The smallest absolute Gasteiger partial charge is 0.359 e. The maximum absolute atomic E-state index is 12.6. The number of anilines is 1. The van der Waals surface area contributed by atoms with E-state index in [4.69, 9.17) is 15.0 Å². The van der Waals surface area contributed by atoms with E-state index < -0.39 is 43.1 Å². The number of nitrogens with zero attached hydrogens (tertiary/aromatic N) is 4. The molecular weight excluding hydrogens is 429 g/mol. The molecule has 0 amide bonds. The number of ether oxygens (including phenoxy) is 1. The highest BCUT2D eigenvalue weighted by molar-refractivity contribution is 7.54. The molecule has 6 N–H and O–H groups in total. The van der Waals surface area contributed by atoms with E-state index in [2.05, 4.69) is 15.0 Å². The van der Waals surface area contributed by atoms with Crippen molar-refractivity contribution in [1.82, 2.24) is 19.5 Å². The number of hydrogen-bond acceptors (Lipinski definition) is 10. The van der Waals surface area contributed by atoms with Crippen LogP contribution in [0.3, 0.4) is 0 Å². The van der Waals surface area contributed by atoms with Gasteiger partial charge >= 0.3 is 7.60 Å². The normalized spacial score (nSPS) is 28.5. The number of aromatic nitrogens is 4. The summed E-state index contributed by atoms with van der Waals surface area (Å²) in [6, 6.07) is 0. The highest BCUT2D eigenvalue weighted by Gasteiger charge is 2.50. The van der Waals surface area contributed by atoms with Crippen molar-refractivity contribution in [1.29, 1.82) is 0 Å². The van der Waals surface area contributed by atoms with E-state index in [9.17, 15) is 24.8 Å². The number of aryl methyl sites for hydroxylation is 1. The van der Waals surface area contributed by atoms with Crippen LogP contribution in [0.25, 0.3) is 11.2 Å². The number of nitrogen functional groups attached to an aromatic ring is 1. The van der Waals surface area contributed by atoms with Crippen LogP contribution in [0.5, 0.6) is 0 Å². The number of aliphatic hydroxyl groups is 3. The minimum Gasteiger partial charge on any atom is -0.388 e. The third-order valence-corrected chi connectivity index (χ3v) is 7.89. The minimum atomic E-state index is -4.41. The zero-order valence-corrected chi connectivity index (χ0v) is 19.0. The van der Waals surface area contributed by atoms with Gasteiger partial charge in [0.15, 0.2) is 28.6 Å². The standard InChI is InChI=1S/C18H30N5O7P/c1-6-18(5,26)31(27,28)30-17(3,4)7-10-12(24)13(25)16(29-10)23-9(2)22-11-14(19)20-8-21-15(11)23/h8,10,12-13,16,24-26H,6-7H2,1-5H3,(H,27,28)(H2,19,20,21)/t10?,12?,13-,16-,18?/m1/s1. The second kappa shape index (κ2) is 8.04. The van der Waals surface area contributed by atoms with Crippen LogP contribution in [-0.2, 0) is 13.8 Å². The maximum Gasteiger partial charge on any atom is 0.359 e. The summed E-state index contributed by atoms with van der Waals surface area (Å²) in [5, 5.41) is 29.6. The molecule has 3 rings (SSSR count). The average molecular weight is 459 g/mol. The van der Waals surface area contributed by atoms with Gasteiger partial charge in [0.25, 0.3) is 0 Å². The lowest BCUT2D eigenvalue weighted by Gasteiger charge is -2.35. The van der Waals surface area contributed by atoms with Crippen molar-refractivity contribution < 1.29 is 34.0 Å². The first-order valence-electron chi connectivity index (χ1n) is 9.93. The summed E-state index contributed by atoms with van der Waals surface area (Å²) in [6.45, 7) is 7.56. The van der Waals surface area contributed by atoms with Crippen molar-refractivity contribution in [3.8, 4) is 0 Å². The summed E-state index contributed by atoms with van der Waals surface area (Å²) < 4.78 is 25.4. The lowest BCUT2D eigenvalue weighted by atomic mass is 9.97. The molecule has 0 radical (unpaired) electrons. The second-order valence-corrected chi connectivity index (χ2v) is 10.8. The molecule has 174 valence electrons. The van der Waals surface area contributed by atoms with Crippen molar-refractivity contribution in [2.45, 2.75) is 82.9 Å². The van der Waals surface area contributed by atoms with Crippen molar-refractivity contribution in [2.24, 2.45) is 0 Å². The molecule has 1 saturated heterocycles. The van der Waals surface area contributed by atoms with Crippen molar-refractivity contribution in [3.63, 3.8) is 0 Å². The molecule has 13 heteroatoms. The molecule has 1 aliphatic heterocycles. The van der Waals surface area contributed by atoms with Gasteiger partial charge in [0, 0.05) is 6.42 Å². The number of imidazole rings is 1. The topological polar surface area (TPSA) is 186 Å². The molecule has 0 bridgehead atoms. The molecule has 1 aliphatic rings. The Morgan fingerprint density at radius 1 is 1.29 bits per heavy atom. The molecule has 1 fully saturated rings. The summed E-state index contributed by atoms with van der Waals surface area (Å²) in [6.07, 6.45) is -3.35. The first-order valence-corrected chi connectivity index (χ1v) is 11.5. The third-order valence-electron chi connectivity index (χ3n) is 5.62. The van der Waals surface area contributed by atoms with E-state index in [1.165, 1.54) is 17.8 Å². The Hall–Kier alpha value is -1.66. The SMILES string of the molecule is CCC(C)(O)P(=O)(O)OC(C)(C)CC1O[C@@H](n2c(C)nc3c(N)ncnc32)[C@H](O)C1O. The zero-order chi connectivity index (χ0) is 23.4. The molecule has 3 heterocycles. The van der Waals surface area contributed by atoms with Crippen LogP contribution in [0.2, 0.25) is 0 Å². The van der Waals surface area contributed by atoms with Crippen LogP contribution < -0.4 is 5.73 Å². The molecule has 12 nitrogen and oxygen atoms in total. The molecule has 31 heavy (non-hydrogen) atoms. The van der Waals surface area contributed by atoms with Crippen LogP contribution in [0, 0.1) is 6.92 Å². The zero-order valence-electron chi connectivity index (χ0n) is 18.1. The van der Waals surface area contributed by atoms with Gasteiger partial charge in [-0.05, 0) is 34.1 Å². The lowest BCUT2D eigenvalue weighted by molar-refractivity contribution is -0.0641. The van der Waals surface area contributed by atoms with Gasteiger partial charge in [0.2, 0.25) is 0 Å². The largest absolute Gasteiger partial charge is 0.388 e. The van der Waals surface area contributed by atoms with Crippen LogP contribution in [0.4, 0.5) is 5.82 Å². The van der Waals surface area contributed by atoms with Gasteiger partial charge in [-0.15, -0.1) is 0 Å². The average Bonchev–Trinajstić information content (AvgIpc) is 3.12. The molecule has 0 aromatic carbocycles. The van der Waals surface area contributed by atoms with Gasteiger partial charge < -0.3 is 35.2 Å². The van der Waals surface area contributed by atoms with Gasteiger partial charge in [-0.2, -0.15) is 0 Å². The van der Waals surface area contributed by atoms with Crippen LogP contribution >= 0.6 is 7.60 Å². The third kappa shape index (κ3) is 4.34. The van der Waals surface area contributed by atoms with Gasteiger partial charge in [-0.25, -0.2) is 15.0 Å². The highest BCUT2D eigenvalue weighted by atomic mass is 31.2. The fraction of sp³-hybridized carbons (Fsp3) is 0.722. The van der Waals surface area contributed by atoms with E-state index in [0.29, 0.717) is 17.0 Å². The Kier molecular flexibility index (Phi) is 6.22. The summed E-state index contributed by atoms with van der Waals surface area (Å²) in [7, 11) is -4.41.